The maximum Gasteiger partial charge on any atom is 0.259 e. The van der Waals surface area contributed by atoms with Gasteiger partial charge in [0, 0.05) is 6.42 Å². The second kappa shape index (κ2) is 9.67. The van der Waals surface area contributed by atoms with Gasteiger partial charge in [-0.15, -0.1) is 0 Å². The number of halogens is 1. The molecule has 7 heteroatoms. The Morgan fingerprint density at radius 1 is 1.12 bits per heavy atom. The summed E-state index contributed by atoms with van der Waals surface area (Å²) in [5.41, 5.74) is 3.51. The van der Waals surface area contributed by atoms with Crippen LogP contribution in [0.5, 0.6) is 0 Å². The predicted octanol–water partition coefficient (Wildman–Crippen LogP) is 2.63. The quantitative estimate of drug-likeness (QED) is 0.535. The van der Waals surface area contributed by atoms with Crippen LogP contribution < -0.4 is 10.7 Å². The summed E-state index contributed by atoms with van der Waals surface area (Å²) in [6.07, 6.45) is 3.34. The molecule has 1 aromatic heterocycles. The minimum Gasteiger partial charge on any atom is -0.448 e. The number of hydrazone groups is 1. The number of amides is 2. The fourth-order valence-corrected chi connectivity index (χ4v) is 2.29. The highest BCUT2D eigenvalue weighted by molar-refractivity contribution is 9.10. The van der Waals surface area contributed by atoms with Gasteiger partial charge in [0.1, 0.15) is 5.76 Å². The van der Waals surface area contributed by atoms with E-state index in [0.29, 0.717) is 16.9 Å². The van der Waals surface area contributed by atoms with Crippen molar-refractivity contribution >= 4 is 34.0 Å². The van der Waals surface area contributed by atoms with Crippen LogP contribution in [0.2, 0.25) is 0 Å². The maximum absolute atomic E-state index is 11.7. The van der Waals surface area contributed by atoms with Crippen molar-refractivity contribution in [2.24, 2.45) is 5.10 Å². The van der Waals surface area contributed by atoms with Gasteiger partial charge in [-0.2, -0.15) is 5.10 Å². The van der Waals surface area contributed by atoms with Crippen molar-refractivity contribution in [3.05, 3.63) is 58.5 Å². The zero-order valence-corrected chi connectivity index (χ0v) is 14.6. The third-order valence-electron chi connectivity index (χ3n) is 3.13. The summed E-state index contributed by atoms with van der Waals surface area (Å²) < 4.78 is 5.77. The smallest absolute Gasteiger partial charge is 0.259 e. The van der Waals surface area contributed by atoms with E-state index in [1.165, 1.54) is 11.8 Å². The Labute approximate surface area is 148 Å². The van der Waals surface area contributed by atoms with Gasteiger partial charge in [-0.3, -0.25) is 9.59 Å². The zero-order chi connectivity index (χ0) is 17.2. The molecule has 0 atom stereocenters. The topological polar surface area (TPSA) is 83.7 Å². The van der Waals surface area contributed by atoms with Gasteiger partial charge in [0.05, 0.1) is 12.8 Å². The van der Waals surface area contributed by atoms with Gasteiger partial charge in [0.2, 0.25) is 5.91 Å². The van der Waals surface area contributed by atoms with E-state index in [-0.39, 0.29) is 12.5 Å². The number of aryl methyl sites for hydroxylation is 1. The summed E-state index contributed by atoms with van der Waals surface area (Å²) in [7, 11) is 0. The number of furan rings is 1. The Bertz CT molecular complexity index is 698. The molecule has 126 valence electrons. The minimum absolute atomic E-state index is 0.108. The predicted molar refractivity (Wildman–Crippen MR) is 94.5 cm³/mol. The first-order valence-electron chi connectivity index (χ1n) is 7.51. The lowest BCUT2D eigenvalue weighted by molar-refractivity contribution is -0.126. The molecule has 0 radical (unpaired) electrons. The molecule has 0 saturated heterocycles. The Hall–Kier alpha value is -2.41. The molecular formula is C17H18BrN3O3. The van der Waals surface area contributed by atoms with Crippen LogP contribution in [-0.2, 0) is 16.0 Å². The van der Waals surface area contributed by atoms with Crippen LogP contribution in [-0.4, -0.2) is 24.6 Å². The fourth-order valence-electron chi connectivity index (χ4n) is 1.97. The molecule has 0 aliphatic carbocycles. The second-order valence-corrected chi connectivity index (χ2v) is 5.83. The van der Waals surface area contributed by atoms with E-state index >= 15 is 0 Å². The summed E-state index contributed by atoms with van der Waals surface area (Å²) in [4.78, 5) is 23.2. The van der Waals surface area contributed by atoms with Gasteiger partial charge < -0.3 is 9.73 Å². The first kappa shape index (κ1) is 17.9. The van der Waals surface area contributed by atoms with E-state index in [0.717, 1.165) is 12.8 Å². The second-order valence-electron chi connectivity index (χ2n) is 5.05. The first-order chi connectivity index (χ1) is 11.6. The molecule has 2 N–H and O–H groups in total. The van der Waals surface area contributed by atoms with E-state index in [1.54, 1.807) is 12.1 Å². The van der Waals surface area contributed by atoms with E-state index < -0.39 is 5.91 Å². The average molecular weight is 392 g/mol. The highest BCUT2D eigenvalue weighted by Crippen LogP contribution is 2.11. The van der Waals surface area contributed by atoms with Crippen LogP contribution in [0.15, 0.2) is 56.7 Å². The number of carbonyl (C=O) groups excluding carboxylic acids is 2. The van der Waals surface area contributed by atoms with Crippen molar-refractivity contribution < 1.29 is 14.0 Å². The number of hydrogen-bond acceptors (Lipinski definition) is 4. The number of benzene rings is 1. The van der Waals surface area contributed by atoms with E-state index in [1.807, 2.05) is 30.3 Å². The van der Waals surface area contributed by atoms with Crippen molar-refractivity contribution in [3.63, 3.8) is 0 Å². The van der Waals surface area contributed by atoms with Crippen molar-refractivity contribution in [2.75, 3.05) is 6.54 Å². The van der Waals surface area contributed by atoms with Gasteiger partial charge in [-0.25, -0.2) is 5.43 Å². The summed E-state index contributed by atoms with van der Waals surface area (Å²) >= 11 is 3.17. The van der Waals surface area contributed by atoms with Crippen LogP contribution >= 0.6 is 15.9 Å². The highest BCUT2D eigenvalue weighted by Gasteiger charge is 2.05. The number of nitrogens with zero attached hydrogens (tertiary/aromatic N) is 1. The summed E-state index contributed by atoms with van der Waals surface area (Å²) in [5, 5.41) is 6.31. The molecule has 6 nitrogen and oxygen atoms in total. The zero-order valence-electron chi connectivity index (χ0n) is 13.0. The van der Waals surface area contributed by atoms with Gasteiger partial charge in [0.15, 0.2) is 4.67 Å². The summed E-state index contributed by atoms with van der Waals surface area (Å²) in [6, 6.07) is 13.4. The van der Waals surface area contributed by atoms with Gasteiger partial charge in [0.25, 0.3) is 5.91 Å². The molecule has 2 amide bonds. The molecule has 2 aromatic rings. The molecule has 0 fully saturated rings. The molecule has 0 aliphatic rings. The summed E-state index contributed by atoms with van der Waals surface area (Å²) in [6.45, 7) is -0.108. The molecule has 0 bridgehead atoms. The van der Waals surface area contributed by atoms with Crippen molar-refractivity contribution in [1.29, 1.82) is 0 Å². The van der Waals surface area contributed by atoms with Gasteiger partial charge in [-0.1, -0.05) is 30.3 Å². The van der Waals surface area contributed by atoms with Crippen LogP contribution in [0.25, 0.3) is 0 Å². The lowest BCUT2D eigenvalue weighted by Gasteiger charge is -2.04. The monoisotopic (exact) mass is 391 g/mol. The lowest BCUT2D eigenvalue weighted by atomic mass is 10.1. The SMILES string of the molecule is O=C(CCCc1ccccc1)NCC(=O)NN=Cc1ccc(Br)o1. The fraction of sp³-hybridized carbons (Fsp3) is 0.235. The molecular weight excluding hydrogens is 374 g/mol. The Kier molecular flexibility index (Phi) is 7.22. The number of carbonyl (C=O) groups is 2. The Balaban J connectivity index is 1.59. The van der Waals surface area contributed by atoms with Crippen LogP contribution in [0, 0.1) is 0 Å². The minimum atomic E-state index is -0.395. The van der Waals surface area contributed by atoms with Crippen molar-refractivity contribution in [2.45, 2.75) is 19.3 Å². The molecule has 2 rings (SSSR count). The van der Waals surface area contributed by atoms with E-state index in [2.05, 4.69) is 31.8 Å². The number of rotatable bonds is 8. The number of nitrogens with one attached hydrogen (secondary N) is 2. The van der Waals surface area contributed by atoms with E-state index in [9.17, 15) is 9.59 Å². The Morgan fingerprint density at radius 2 is 1.92 bits per heavy atom. The van der Waals surface area contributed by atoms with Crippen LogP contribution in [0.3, 0.4) is 0 Å². The maximum atomic E-state index is 11.7. The molecule has 1 heterocycles. The largest absolute Gasteiger partial charge is 0.448 e. The molecule has 0 unspecified atom stereocenters. The standard InChI is InChI=1S/C17H18BrN3O3/c18-15-10-9-14(24-15)11-20-21-17(23)12-19-16(22)8-4-7-13-5-2-1-3-6-13/h1-3,5-6,9-11H,4,7-8,12H2,(H,19,22)(H,21,23). The Morgan fingerprint density at radius 3 is 2.62 bits per heavy atom. The van der Waals surface area contributed by atoms with E-state index in [4.69, 9.17) is 4.42 Å². The molecule has 0 spiro atoms. The first-order valence-corrected chi connectivity index (χ1v) is 8.30. The highest BCUT2D eigenvalue weighted by atomic mass is 79.9. The molecule has 0 aliphatic heterocycles. The van der Waals surface area contributed by atoms with Crippen molar-refractivity contribution in [1.82, 2.24) is 10.7 Å². The van der Waals surface area contributed by atoms with Crippen LogP contribution in [0.1, 0.15) is 24.2 Å². The molecule has 0 saturated carbocycles. The van der Waals surface area contributed by atoms with Crippen molar-refractivity contribution in [3.8, 4) is 0 Å². The summed E-state index contributed by atoms with van der Waals surface area (Å²) in [5.74, 6) is -0.0413. The van der Waals surface area contributed by atoms with Gasteiger partial charge >= 0.3 is 0 Å². The number of hydrogen-bond donors (Lipinski definition) is 2. The molecule has 1 aromatic carbocycles. The van der Waals surface area contributed by atoms with Crippen LogP contribution in [0.4, 0.5) is 0 Å². The third kappa shape index (κ3) is 6.78. The average Bonchev–Trinajstić information content (AvgIpc) is 2.99. The normalized spacial score (nSPS) is 10.7. The lowest BCUT2D eigenvalue weighted by Crippen LogP contribution is -2.34. The van der Waals surface area contributed by atoms with Gasteiger partial charge in [-0.05, 0) is 46.5 Å². The third-order valence-corrected chi connectivity index (χ3v) is 3.56. The molecule has 24 heavy (non-hydrogen) atoms.